The van der Waals surface area contributed by atoms with E-state index in [1.165, 1.54) is 0 Å². The first-order chi connectivity index (χ1) is 8.70. The van der Waals surface area contributed by atoms with Crippen LogP contribution in [0.1, 0.15) is 18.8 Å². The predicted octanol–water partition coefficient (Wildman–Crippen LogP) is 1.28. The Balaban J connectivity index is 1.97. The second-order valence-corrected chi connectivity index (χ2v) is 4.20. The predicted molar refractivity (Wildman–Crippen MR) is 68.2 cm³/mol. The molecule has 1 aromatic rings. The lowest BCUT2D eigenvalue weighted by Crippen LogP contribution is -2.35. The topological polar surface area (TPSA) is 59.6 Å². The van der Waals surface area contributed by atoms with Gasteiger partial charge in [0.05, 0.1) is 19.3 Å². The molecule has 1 unspecified atom stereocenters. The molecule has 98 valence electrons. The maximum absolute atomic E-state index is 11.7. The van der Waals surface area contributed by atoms with E-state index in [1.807, 2.05) is 31.2 Å². The molecule has 1 saturated heterocycles. The van der Waals surface area contributed by atoms with E-state index in [1.54, 1.807) is 7.05 Å². The van der Waals surface area contributed by atoms with Crippen molar-refractivity contribution in [2.24, 2.45) is 0 Å². The quantitative estimate of drug-likeness (QED) is 0.845. The third-order valence-electron chi connectivity index (χ3n) is 2.90. The first-order valence-electron chi connectivity index (χ1n) is 6.02. The van der Waals surface area contributed by atoms with E-state index in [0.29, 0.717) is 13.2 Å². The second kappa shape index (κ2) is 5.95. The molecule has 1 aromatic carbocycles. The maximum Gasteiger partial charge on any atom is 0.241 e. The van der Waals surface area contributed by atoms with Crippen molar-refractivity contribution in [1.29, 1.82) is 0 Å². The molecule has 0 aromatic heterocycles. The first-order valence-corrected chi connectivity index (χ1v) is 6.02. The van der Waals surface area contributed by atoms with Crippen molar-refractivity contribution in [2.45, 2.75) is 19.3 Å². The molecule has 0 radical (unpaired) electrons. The Kier molecular flexibility index (Phi) is 4.30. The number of hydrogen-bond donors (Lipinski definition) is 2. The van der Waals surface area contributed by atoms with E-state index in [0.717, 1.165) is 11.3 Å². The Morgan fingerprint density at radius 2 is 1.89 bits per heavy atom. The third kappa shape index (κ3) is 3.07. The normalized spacial score (nSPS) is 17.7. The molecule has 1 aliphatic rings. The summed E-state index contributed by atoms with van der Waals surface area (Å²) in [5.74, 6) is -0.0568. The second-order valence-electron chi connectivity index (χ2n) is 4.20. The van der Waals surface area contributed by atoms with Crippen LogP contribution in [0.4, 0.5) is 5.69 Å². The van der Waals surface area contributed by atoms with Gasteiger partial charge < -0.3 is 20.1 Å². The number of ether oxygens (including phenoxy) is 2. The molecular formula is C13H18N2O3. The van der Waals surface area contributed by atoms with E-state index in [9.17, 15) is 4.79 Å². The van der Waals surface area contributed by atoms with E-state index in [4.69, 9.17) is 9.47 Å². The zero-order valence-electron chi connectivity index (χ0n) is 10.6. The molecule has 2 N–H and O–H groups in total. The highest BCUT2D eigenvalue weighted by molar-refractivity contribution is 5.94. The molecule has 1 atom stereocenters. The molecule has 1 heterocycles. The first kappa shape index (κ1) is 13.0. The number of nitrogens with one attached hydrogen (secondary N) is 2. The summed E-state index contributed by atoms with van der Waals surface area (Å²) in [6.45, 7) is 3.07. The Morgan fingerprint density at radius 1 is 1.28 bits per heavy atom. The number of hydrogen-bond acceptors (Lipinski definition) is 4. The average molecular weight is 250 g/mol. The van der Waals surface area contributed by atoms with Crippen LogP contribution in [-0.4, -0.2) is 32.2 Å². The molecule has 0 spiro atoms. The Labute approximate surface area is 106 Å². The summed E-state index contributed by atoms with van der Waals surface area (Å²) in [5, 5.41) is 5.72. The van der Waals surface area contributed by atoms with Crippen LogP contribution >= 0.6 is 0 Å². The highest BCUT2D eigenvalue weighted by atomic mass is 16.7. The van der Waals surface area contributed by atoms with Crippen LogP contribution in [0.5, 0.6) is 0 Å². The summed E-state index contributed by atoms with van der Waals surface area (Å²) >= 11 is 0. The van der Waals surface area contributed by atoms with Gasteiger partial charge in [-0.3, -0.25) is 4.79 Å². The fourth-order valence-electron chi connectivity index (χ4n) is 1.66. The average Bonchev–Trinajstić information content (AvgIpc) is 2.92. The van der Waals surface area contributed by atoms with Gasteiger partial charge in [0, 0.05) is 11.3 Å². The number of benzene rings is 1. The van der Waals surface area contributed by atoms with Crippen LogP contribution < -0.4 is 10.6 Å². The molecule has 5 heteroatoms. The van der Waals surface area contributed by atoms with Crippen molar-refractivity contribution < 1.29 is 14.3 Å². The Hall–Kier alpha value is -1.43. The van der Waals surface area contributed by atoms with Crippen molar-refractivity contribution >= 4 is 11.6 Å². The molecule has 18 heavy (non-hydrogen) atoms. The standard InChI is InChI=1S/C13H18N2O3/c1-9(14-2)12(16)15-11-5-3-10(4-6-11)13-17-7-8-18-13/h3-6,9,13-14H,7-8H2,1-2H3,(H,15,16). The van der Waals surface area contributed by atoms with Crippen LogP contribution in [-0.2, 0) is 14.3 Å². The minimum Gasteiger partial charge on any atom is -0.346 e. The van der Waals surface area contributed by atoms with Gasteiger partial charge >= 0.3 is 0 Å². The van der Waals surface area contributed by atoms with Gasteiger partial charge in [0.2, 0.25) is 5.91 Å². The zero-order chi connectivity index (χ0) is 13.0. The van der Waals surface area contributed by atoms with Gasteiger partial charge in [-0.25, -0.2) is 0 Å². The van der Waals surface area contributed by atoms with Crippen molar-refractivity contribution in [3.63, 3.8) is 0 Å². The highest BCUT2D eigenvalue weighted by Crippen LogP contribution is 2.24. The van der Waals surface area contributed by atoms with Gasteiger partial charge in [-0.2, -0.15) is 0 Å². The number of carbonyl (C=O) groups is 1. The Morgan fingerprint density at radius 3 is 2.44 bits per heavy atom. The maximum atomic E-state index is 11.7. The highest BCUT2D eigenvalue weighted by Gasteiger charge is 2.18. The van der Waals surface area contributed by atoms with Gasteiger partial charge in [0.25, 0.3) is 0 Å². The van der Waals surface area contributed by atoms with Crippen molar-refractivity contribution in [1.82, 2.24) is 5.32 Å². The van der Waals surface area contributed by atoms with Gasteiger partial charge in [0.1, 0.15) is 0 Å². The summed E-state index contributed by atoms with van der Waals surface area (Å²) in [6.07, 6.45) is -0.272. The van der Waals surface area contributed by atoms with Crippen LogP contribution in [0.3, 0.4) is 0 Å². The lowest BCUT2D eigenvalue weighted by atomic mass is 10.2. The van der Waals surface area contributed by atoms with E-state index >= 15 is 0 Å². The van der Waals surface area contributed by atoms with Gasteiger partial charge in [-0.1, -0.05) is 12.1 Å². The van der Waals surface area contributed by atoms with Crippen LogP contribution in [0.15, 0.2) is 24.3 Å². The molecule has 0 aliphatic carbocycles. The van der Waals surface area contributed by atoms with E-state index < -0.39 is 0 Å². The molecule has 2 rings (SSSR count). The third-order valence-corrected chi connectivity index (χ3v) is 2.90. The summed E-state index contributed by atoms with van der Waals surface area (Å²) in [7, 11) is 1.75. The fourth-order valence-corrected chi connectivity index (χ4v) is 1.66. The van der Waals surface area contributed by atoms with E-state index in [-0.39, 0.29) is 18.2 Å². The van der Waals surface area contributed by atoms with Gasteiger partial charge in [-0.05, 0) is 26.1 Å². The molecule has 0 saturated carbocycles. The molecule has 1 amide bonds. The summed E-state index contributed by atoms with van der Waals surface area (Å²) < 4.78 is 10.8. The largest absolute Gasteiger partial charge is 0.346 e. The minimum atomic E-state index is -0.272. The van der Waals surface area contributed by atoms with E-state index in [2.05, 4.69) is 10.6 Å². The molecular weight excluding hydrogens is 232 g/mol. The van der Waals surface area contributed by atoms with Crippen LogP contribution in [0.2, 0.25) is 0 Å². The van der Waals surface area contributed by atoms with Crippen molar-refractivity contribution in [3.05, 3.63) is 29.8 Å². The van der Waals surface area contributed by atoms with Crippen LogP contribution in [0, 0.1) is 0 Å². The lowest BCUT2D eigenvalue weighted by Gasteiger charge is -2.13. The Bertz CT molecular complexity index is 399. The fraction of sp³-hybridized carbons (Fsp3) is 0.462. The van der Waals surface area contributed by atoms with Gasteiger partial charge in [-0.15, -0.1) is 0 Å². The number of carbonyl (C=O) groups excluding carboxylic acids is 1. The molecule has 5 nitrogen and oxygen atoms in total. The number of amides is 1. The lowest BCUT2D eigenvalue weighted by molar-refractivity contribution is -0.117. The summed E-state index contributed by atoms with van der Waals surface area (Å²) in [6, 6.07) is 7.28. The minimum absolute atomic E-state index is 0.0568. The monoisotopic (exact) mass is 250 g/mol. The summed E-state index contributed by atoms with van der Waals surface area (Å²) in [4.78, 5) is 11.7. The van der Waals surface area contributed by atoms with Crippen molar-refractivity contribution in [2.75, 3.05) is 25.6 Å². The van der Waals surface area contributed by atoms with Crippen molar-refractivity contribution in [3.8, 4) is 0 Å². The smallest absolute Gasteiger partial charge is 0.241 e. The number of rotatable bonds is 4. The summed E-state index contributed by atoms with van der Waals surface area (Å²) in [5.41, 5.74) is 1.73. The molecule has 0 bridgehead atoms. The number of anilines is 1. The zero-order valence-corrected chi connectivity index (χ0v) is 10.6. The van der Waals surface area contributed by atoms with Crippen LogP contribution in [0.25, 0.3) is 0 Å². The number of likely N-dealkylation sites (N-methyl/N-ethyl adjacent to an activating group) is 1. The molecule has 1 fully saturated rings. The molecule has 1 aliphatic heterocycles. The van der Waals surface area contributed by atoms with Gasteiger partial charge in [0.15, 0.2) is 6.29 Å². The SMILES string of the molecule is CNC(C)C(=O)Nc1ccc(C2OCCO2)cc1.